The van der Waals surface area contributed by atoms with E-state index in [0.29, 0.717) is 18.5 Å². The zero-order valence-electron chi connectivity index (χ0n) is 14.2. The summed E-state index contributed by atoms with van der Waals surface area (Å²) in [5.41, 5.74) is 8.97. The number of ether oxygens (including phenoxy) is 4. The summed E-state index contributed by atoms with van der Waals surface area (Å²) in [6.07, 6.45) is -0.582. The van der Waals surface area contributed by atoms with Crippen LogP contribution in [0.1, 0.15) is 30.6 Å². The second-order valence-corrected chi connectivity index (χ2v) is 6.51. The van der Waals surface area contributed by atoms with Gasteiger partial charge in [-0.25, -0.2) is 4.79 Å². The number of carbonyl (C=O) groups is 1. The highest BCUT2D eigenvalue weighted by Crippen LogP contribution is 2.42. The molecule has 2 aliphatic heterocycles. The van der Waals surface area contributed by atoms with Crippen LogP contribution in [-0.2, 0) is 18.9 Å². The first-order chi connectivity index (χ1) is 12.0. The molecule has 0 aromatic heterocycles. The Morgan fingerprint density at radius 2 is 2.08 bits per heavy atom. The number of carbonyl (C=O) groups excluding carboxylic acids is 1. The van der Waals surface area contributed by atoms with E-state index in [-0.39, 0.29) is 24.7 Å². The van der Waals surface area contributed by atoms with Crippen molar-refractivity contribution in [2.75, 3.05) is 13.2 Å². The summed E-state index contributed by atoms with van der Waals surface area (Å²) < 4.78 is 22.9. The Morgan fingerprint density at radius 1 is 1.32 bits per heavy atom. The SMILES string of the molecule is CC1(C)O[C@H]2O[C@H](COC(=O)c3ccccc3)[C@@H](CCN=[N+]=[N-])[C@H]2O1. The van der Waals surface area contributed by atoms with E-state index in [9.17, 15) is 4.79 Å². The van der Waals surface area contributed by atoms with Crippen molar-refractivity contribution in [3.63, 3.8) is 0 Å². The molecule has 2 aliphatic rings. The molecular formula is C17H21N3O5. The molecule has 8 nitrogen and oxygen atoms in total. The first kappa shape index (κ1) is 17.7. The molecule has 3 rings (SSSR count). The Labute approximate surface area is 145 Å². The van der Waals surface area contributed by atoms with Crippen LogP contribution in [0.5, 0.6) is 0 Å². The molecule has 4 atom stereocenters. The molecule has 2 fully saturated rings. The number of hydrogen-bond donors (Lipinski definition) is 0. The number of rotatable bonds is 6. The summed E-state index contributed by atoms with van der Waals surface area (Å²) in [6, 6.07) is 8.78. The molecule has 0 bridgehead atoms. The average molecular weight is 347 g/mol. The fourth-order valence-electron chi connectivity index (χ4n) is 3.22. The predicted molar refractivity (Wildman–Crippen MR) is 87.5 cm³/mol. The van der Waals surface area contributed by atoms with Crippen molar-refractivity contribution in [2.45, 2.75) is 44.6 Å². The Hall–Kier alpha value is -2.12. The van der Waals surface area contributed by atoms with Crippen LogP contribution in [0.2, 0.25) is 0 Å². The molecular weight excluding hydrogens is 326 g/mol. The first-order valence-corrected chi connectivity index (χ1v) is 8.24. The summed E-state index contributed by atoms with van der Waals surface area (Å²) in [5.74, 6) is -1.21. The van der Waals surface area contributed by atoms with Crippen molar-refractivity contribution in [3.05, 3.63) is 46.3 Å². The van der Waals surface area contributed by atoms with Crippen molar-refractivity contribution in [1.82, 2.24) is 0 Å². The van der Waals surface area contributed by atoms with Gasteiger partial charge in [-0.2, -0.15) is 0 Å². The van der Waals surface area contributed by atoms with Gasteiger partial charge in [0.25, 0.3) is 0 Å². The number of fused-ring (bicyclic) bond motifs is 1. The van der Waals surface area contributed by atoms with E-state index in [2.05, 4.69) is 10.0 Å². The third-order valence-corrected chi connectivity index (χ3v) is 4.31. The zero-order valence-corrected chi connectivity index (χ0v) is 14.2. The van der Waals surface area contributed by atoms with E-state index in [1.807, 2.05) is 19.9 Å². The number of esters is 1. The van der Waals surface area contributed by atoms with Gasteiger partial charge in [0.1, 0.15) is 18.8 Å². The summed E-state index contributed by atoms with van der Waals surface area (Å²) in [6.45, 7) is 4.06. The Bertz CT molecular complexity index is 660. The molecule has 0 spiro atoms. The van der Waals surface area contributed by atoms with Crippen molar-refractivity contribution in [1.29, 1.82) is 0 Å². The van der Waals surface area contributed by atoms with E-state index < -0.39 is 18.0 Å². The first-order valence-electron chi connectivity index (χ1n) is 8.24. The highest BCUT2D eigenvalue weighted by atomic mass is 16.8. The summed E-state index contributed by atoms with van der Waals surface area (Å²) in [5, 5.41) is 3.58. The Morgan fingerprint density at radius 3 is 2.80 bits per heavy atom. The fourth-order valence-corrected chi connectivity index (χ4v) is 3.22. The number of nitrogens with zero attached hydrogens (tertiary/aromatic N) is 3. The van der Waals surface area contributed by atoms with Crippen LogP contribution in [-0.4, -0.2) is 43.4 Å². The van der Waals surface area contributed by atoms with E-state index in [0.717, 1.165) is 0 Å². The normalized spacial score (nSPS) is 29.7. The molecule has 0 aliphatic carbocycles. The van der Waals surface area contributed by atoms with Gasteiger partial charge in [-0.15, -0.1) is 0 Å². The molecule has 0 radical (unpaired) electrons. The lowest BCUT2D eigenvalue weighted by molar-refractivity contribution is -0.213. The minimum Gasteiger partial charge on any atom is -0.459 e. The lowest BCUT2D eigenvalue weighted by Gasteiger charge is -2.25. The van der Waals surface area contributed by atoms with Gasteiger partial charge in [0, 0.05) is 17.4 Å². The van der Waals surface area contributed by atoms with Crippen LogP contribution in [0, 0.1) is 5.92 Å². The van der Waals surface area contributed by atoms with E-state index in [1.165, 1.54) is 0 Å². The summed E-state index contributed by atoms with van der Waals surface area (Å²) in [4.78, 5) is 14.9. The second kappa shape index (κ2) is 7.41. The van der Waals surface area contributed by atoms with Crippen molar-refractivity contribution < 1.29 is 23.7 Å². The maximum Gasteiger partial charge on any atom is 0.338 e. The second-order valence-electron chi connectivity index (χ2n) is 6.51. The van der Waals surface area contributed by atoms with Gasteiger partial charge in [0.2, 0.25) is 0 Å². The van der Waals surface area contributed by atoms with Crippen LogP contribution in [0.3, 0.4) is 0 Å². The third-order valence-electron chi connectivity index (χ3n) is 4.31. The van der Waals surface area contributed by atoms with Crippen molar-refractivity contribution in [3.8, 4) is 0 Å². The fraction of sp³-hybridized carbons (Fsp3) is 0.588. The maximum absolute atomic E-state index is 12.1. The Balaban J connectivity index is 1.63. The molecule has 25 heavy (non-hydrogen) atoms. The molecule has 0 saturated carbocycles. The molecule has 0 unspecified atom stereocenters. The van der Waals surface area contributed by atoms with Gasteiger partial charge in [-0.1, -0.05) is 23.3 Å². The topological polar surface area (TPSA) is 103 Å². The van der Waals surface area contributed by atoms with Crippen molar-refractivity contribution >= 4 is 5.97 Å². The highest BCUT2D eigenvalue weighted by Gasteiger charge is 2.54. The molecule has 134 valence electrons. The van der Waals surface area contributed by atoms with Crippen molar-refractivity contribution in [2.24, 2.45) is 11.0 Å². The van der Waals surface area contributed by atoms with Crippen LogP contribution in [0.4, 0.5) is 0 Å². The quantitative estimate of drug-likeness (QED) is 0.340. The molecule has 8 heteroatoms. The van der Waals surface area contributed by atoms with Crippen LogP contribution in [0.25, 0.3) is 10.4 Å². The molecule has 0 N–H and O–H groups in total. The van der Waals surface area contributed by atoms with Gasteiger partial charge in [0.15, 0.2) is 12.1 Å². The summed E-state index contributed by atoms with van der Waals surface area (Å²) in [7, 11) is 0. The third kappa shape index (κ3) is 4.11. The highest BCUT2D eigenvalue weighted by molar-refractivity contribution is 5.89. The maximum atomic E-state index is 12.1. The molecule has 1 aromatic carbocycles. The lowest BCUT2D eigenvalue weighted by Crippen LogP contribution is -2.33. The van der Waals surface area contributed by atoms with Gasteiger partial charge < -0.3 is 18.9 Å². The molecule has 2 heterocycles. The Kier molecular flexibility index (Phi) is 5.24. The van der Waals surface area contributed by atoms with Gasteiger partial charge in [-0.3, -0.25) is 0 Å². The van der Waals surface area contributed by atoms with Crippen LogP contribution >= 0.6 is 0 Å². The van der Waals surface area contributed by atoms with Crippen LogP contribution in [0.15, 0.2) is 35.4 Å². The minimum absolute atomic E-state index is 0.0825. The average Bonchev–Trinajstić information content (AvgIpc) is 3.06. The zero-order chi connectivity index (χ0) is 17.9. The molecule has 2 saturated heterocycles. The van der Waals surface area contributed by atoms with E-state index in [4.69, 9.17) is 24.5 Å². The standard InChI is InChI=1S/C17H21N3O5/c1-17(2)24-14-12(8-9-19-20-18)13(23-16(14)25-17)10-22-15(21)11-6-4-3-5-7-11/h3-7,12-14,16H,8-10H2,1-2H3/t12-,13-,14-,16-/m1/s1. The van der Waals surface area contributed by atoms with E-state index in [1.54, 1.807) is 24.3 Å². The van der Waals surface area contributed by atoms with E-state index >= 15 is 0 Å². The van der Waals surface area contributed by atoms with Gasteiger partial charge in [0.05, 0.1) is 5.56 Å². The van der Waals surface area contributed by atoms with Crippen LogP contribution < -0.4 is 0 Å². The largest absolute Gasteiger partial charge is 0.459 e. The van der Waals surface area contributed by atoms with Gasteiger partial charge in [-0.05, 0) is 37.9 Å². The monoisotopic (exact) mass is 347 g/mol. The summed E-state index contributed by atoms with van der Waals surface area (Å²) >= 11 is 0. The molecule has 0 amide bonds. The number of benzene rings is 1. The lowest BCUT2D eigenvalue weighted by atomic mass is 9.95. The smallest absolute Gasteiger partial charge is 0.338 e. The molecule has 1 aromatic rings. The van der Waals surface area contributed by atoms with Gasteiger partial charge >= 0.3 is 5.97 Å². The number of azide groups is 1. The minimum atomic E-state index is -0.724. The number of hydrogen-bond acceptors (Lipinski definition) is 6. The predicted octanol–water partition coefficient (Wildman–Crippen LogP) is 3.04.